The number of carbonyl (C=O) groups is 1. The summed E-state index contributed by atoms with van der Waals surface area (Å²) < 4.78 is 2.17. The number of hydrogen-bond donors (Lipinski definition) is 1. The van der Waals surface area contributed by atoms with Crippen molar-refractivity contribution in [3.63, 3.8) is 0 Å². The Labute approximate surface area is 92.7 Å². The molecule has 0 radical (unpaired) electrons. The molecular weight excluding hydrogens is 212 g/mol. The van der Waals surface area contributed by atoms with Crippen LogP contribution in [-0.2, 0) is 10.5 Å². The molecule has 0 bridgehead atoms. The minimum Gasteiger partial charge on any atom is -0.480 e. The quantitative estimate of drug-likeness (QED) is 0.833. The zero-order chi connectivity index (χ0) is 10.8. The maximum Gasteiger partial charge on any atom is 0.316 e. The van der Waals surface area contributed by atoms with Crippen molar-refractivity contribution in [2.24, 2.45) is 0 Å². The van der Waals surface area contributed by atoms with Crippen LogP contribution in [0.25, 0.3) is 0 Å². The van der Waals surface area contributed by atoms with Crippen molar-refractivity contribution < 1.29 is 9.90 Å². The molecule has 0 aliphatic heterocycles. The van der Waals surface area contributed by atoms with Gasteiger partial charge < -0.3 is 9.67 Å². The van der Waals surface area contributed by atoms with Gasteiger partial charge in [-0.1, -0.05) is 0 Å². The molecule has 1 aliphatic carbocycles. The van der Waals surface area contributed by atoms with E-state index < -0.39 is 5.97 Å². The standard InChI is InChI=1S/C10H14N2O2S/c1-7(10(13)14)15-5-9-4-11-6-12(9)8-2-3-8/h4,6-8H,2-3,5H2,1H3,(H,13,14). The van der Waals surface area contributed by atoms with Crippen molar-refractivity contribution in [3.8, 4) is 0 Å². The fraction of sp³-hybridized carbons (Fsp3) is 0.600. The predicted octanol–water partition coefficient (Wildman–Crippen LogP) is 1.92. The third-order valence-electron chi connectivity index (χ3n) is 2.52. The summed E-state index contributed by atoms with van der Waals surface area (Å²) in [7, 11) is 0. The Balaban J connectivity index is 1.92. The topological polar surface area (TPSA) is 55.1 Å². The van der Waals surface area contributed by atoms with Crippen molar-refractivity contribution in [3.05, 3.63) is 18.2 Å². The van der Waals surface area contributed by atoms with Gasteiger partial charge in [-0.25, -0.2) is 4.98 Å². The van der Waals surface area contributed by atoms with Crippen LogP contribution in [0, 0.1) is 0 Å². The number of carboxylic acids is 1. The molecule has 4 nitrogen and oxygen atoms in total. The molecule has 15 heavy (non-hydrogen) atoms. The second kappa shape index (κ2) is 4.26. The maximum absolute atomic E-state index is 10.6. The van der Waals surface area contributed by atoms with E-state index in [2.05, 4.69) is 9.55 Å². The van der Waals surface area contributed by atoms with Crippen LogP contribution in [0.3, 0.4) is 0 Å². The Hall–Kier alpha value is -0.970. The molecule has 1 aromatic rings. The highest BCUT2D eigenvalue weighted by Crippen LogP contribution is 2.36. The number of rotatable bonds is 5. The van der Waals surface area contributed by atoms with Crippen LogP contribution in [-0.4, -0.2) is 25.9 Å². The summed E-state index contributed by atoms with van der Waals surface area (Å²) >= 11 is 1.44. The van der Waals surface area contributed by atoms with Gasteiger partial charge in [-0.3, -0.25) is 4.79 Å². The summed E-state index contributed by atoms with van der Waals surface area (Å²) in [6.07, 6.45) is 6.13. The van der Waals surface area contributed by atoms with Crippen LogP contribution in [0.15, 0.2) is 12.5 Å². The van der Waals surface area contributed by atoms with E-state index in [1.807, 2.05) is 12.5 Å². The normalized spacial score (nSPS) is 17.7. The molecule has 82 valence electrons. The predicted molar refractivity (Wildman–Crippen MR) is 58.9 cm³/mol. The zero-order valence-corrected chi connectivity index (χ0v) is 9.41. The third kappa shape index (κ3) is 2.53. The molecule has 0 spiro atoms. The molecule has 1 heterocycles. The molecule has 5 heteroatoms. The number of thioether (sulfide) groups is 1. The van der Waals surface area contributed by atoms with E-state index in [4.69, 9.17) is 5.11 Å². The first-order valence-corrected chi connectivity index (χ1v) is 6.08. The van der Waals surface area contributed by atoms with Gasteiger partial charge in [0.15, 0.2) is 0 Å². The lowest BCUT2D eigenvalue weighted by Gasteiger charge is -2.08. The van der Waals surface area contributed by atoms with Gasteiger partial charge in [0, 0.05) is 23.7 Å². The lowest BCUT2D eigenvalue weighted by Crippen LogP contribution is -2.12. The van der Waals surface area contributed by atoms with Crippen LogP contribution < -0.4 is 0 Å². The van der Waals surface area contributed by atoms with Gasteiger partial charge in [0.05, 0.1) is 11.6 Å². The minimum atomic E-state index is -0.752. The molecule has 1 saturated carbocycles. The Morgan fingerprint density at radius 3 is 3.13 bits per heavy atom. The van der Waals surface area contributed by atoms with Gasteiger partial charge in [0.1, 0.15) is 0 Å². The molecule has 0 amide bonds. The molecule has 0 saturated heterocycles. The summed E-state index contributed by atoms with van der Waals surface area (Å²) in [5.41, 5.74) is 1.13. The summed E-state index contributed by atoms with van der Waals surface area (Å²) in [4.78, 5) is 14.8. The Bertz CT molecular complexity index is 360. The lowest BCUT2D eigenvalue weighted by molar-refractivity contribution is -0.136. The highest BCUT2D eigenvalue weighted by atomic mass is 32.2. The number of imidazole rings is 1. The Morgan fingerprint density at radius 2 is 2.53 bits per heavy atom. The van der Waals surface area contributed by atoms with Gasteiger partial charge in [-0.2, -0.15) is 0 Å². The van der Waals surface area contributed by atoms with Gasteiger partial charge in [-0.15, -0.1) is 11.8 Å². The molecule has 1 N–H and O–H groups in total. The number of hydrogen-bond acceptors (Lipinski definition) is 3. The van der Waals surface area contributed by atoms with Crippen LogP contribution in [0.5, 0.6) is 0 Å². The van der Waals surface area contributed by atoms with Gasteiger partial charge in [0.25, 0.3) is 0 Å². The summed E-state index contributed by atoms with van der Waals surface area (Å²) in [6.45, 7) is 1.71. The van der Waals surface area contributed by atoms with Crippen LogP contribution in [0.2, 0.25) is 0 Å². The van der Waals surface area contributed by atoms with Crippen molar-refractivity contribution >= 4 is 17.7 Å². The van der Waals surface area contributed by atoms with E-state index in [9.17, 15) is 4.79 Å². The van der Waals surface area contributed by atoms with Gasteiger partial charge in [0.2, 0.25) is 0 Å². The Morgan fingerprint density at radius 1 is 1.80 bits per heavy atom. The fourth-order valence-corrected chi connectivity index (χ4v) is 2.19. The number of aliphatic carboxylic acids is 1. The lowest BCUT2D eigenvalue weighted by atomic mass is 10.5. The molecule has 1 unspecified atom stereocenters. The first-order valence-electron chi connectivity index (χ1n) is 5.03. The van der Waals surface area contributed by atoms with E-state index in [0.29, 0.717) is 6.04 Å². The molecule has 0 aromatic carbocycles. The van der Waals surface area contributed by atoms with Crippen LogP contribution in [0.4, 0.5) is 0 Å². The van der Waals surface area contributed by atoms with Crippen molar-refractivity contribution in [2.75, 3.05) is 0 Å². The molecular formula is C10H14N2O2S. The summed E-state index contributed by atoms with van der Waals surface area (Å²) in [5, 5.41) is 8.40. The van der Waals surface area contributed by atoms with E-state index in [1.165, 1.54) is 24.6 Å². The monoisotopic (exact) mass is 226 g/mol. The molecule has 2 rings (SSSR count). The van der Waals surface area contributed by atoms with Gasteiger partial charge in [-0.05, 0) is 19.8 Å². The number of nitrogens with zero attached hydrogens (tertiary/aromatic N) is 2. The second-order valence-corrected chi connectivity index (χ2v) is 5.14. The molecule has 1 fully saturated rings. The van der Waals surface area contributed by atoms with Crippen LogP contribution >= 0.6 is 11.8 Å². The van der Waals surface area contributed by atoms with E-state index in [-0.39, 0.29) is 5.25 Å². The van der Waals surface area contributed by atoms with Crippen molar-refractivity contribution in [1.29, 1.82) is 0 Å². The van der Waals surface area contributed by atoms with E-state index in [0.717, 1.165) is 11.4 Å². The van der Waals surface area contributed by atoms with Crippen LogP contribution in [0.1, 0.15) is 31.5 Å². The van der Waals surface area contributed by atoms with Crippen molar-refractivity contribution in [2.45, 2.75) is 36.8 Å². The highest BCUT2D eigenvalue weighted by Gasteiger charge is 2.25. The van der Waals surface area contributed by atoms with Gasteiger partial charge >= 0.3 is 5.97 Å². The average Bonchev–Trinajstić information content (AvgIpc) is 2.94. The third-order valence-corrected chi connectivity index (χ3v) is 3.68. The molecule has 1 aliphatic rings. The molecule has 1 aromatic heterocycles. The maximum atomic E-state index is 10.6. The summed E-state index contributed by atoms with van der Waals surface area (Å²) in [5.74, 6) is -0.0262. The largest absolute Gasteiger partial charge is 0.480 e. The molecule has 1 atom stereocenters. The highest BCUT2D eigenvalue weighted by molar-refractivity contribution is 7.99. The SMILES string of the molecule is CC(SCc1cncn1C1CC1)C(=O)O. The Kier molecular flexibility index (Phi) is 3.00. The first kappa shape index (κ1) is 10.5. The first-order chi connectivity index (χ1) is 7.18. The minimum absolute atomic E-state index is 0.354. The number of aromatic nitrogens is 2. The number of carboxylic acid groups (broad SMARTS) is 1. The summed E-state index contributed by atoms with van der Waals surface area (Å²) in [6, 6.07) is 0.614. The zero-order valence-electron chi connectivity index (χ0n) is 8.59. The van der Waals surface area contributed by atoms with E-state index >= 15 is 0 Å². The fourth-order valence-electron chi connectivity index (χ4n) is 1.41. The van der Waals surface area contributed by atoms with E-state index in [1.54, 1.807) is 6.92 Å². The second-order valence-electron chi connectivity index (χ2n) is 3.81. The van der Waals surface area contributed by atoms with Crippen molar-refractivity contribution in [1.82, 2.24) is 9.55 Å². The average molecular weight is 226 g/mol. The smallest absolute Gasteiger partial charge is 0.316 e.